The Morgan fingerprint density at radius 3 is 2.50 bits per heavy atom. The molecule has 0 atom stereocenters. The van der Waals surface area contributed by atoms with Gasteiger partial charge in [0.05, 0.1) is 16.8 Å². The number of rotatable bonds is 3. The van der Waals surface area contributed by atoms with E-state index in [0.29, 0.717) is 5.02 Å². The van der Waals surface area contributed by atoms with Crippen molar-refractivity contribution in [2.24, 2.45) is 0 Å². The standard InChI is InChI=1S/C13H7ClF3NO2/c14-9-3-11(6-18-5-9)20-10-2-1-8(7-19)12(4-10)13(15,16)17/h1-7H. The zero-order chi connectivity index (χ0) is 14.8. The molecule has 0 radical (unpaired) electrons. The first-order chi connectivity index (χ1) is 9.40. The maximum atomic E-state index is 12.8. The molecule has 20 heavy (non-hydrogen) atoms. The van der Waals surface area contributed by atoms with E-state index in [1.165, 1.54) is 24.5 Å². The fraction of sp³-hybridized carbons (Fsp3) is 0.0769. The van der Waals surface area contributed by atoms with E-state index in [9.17, 15) is 18.0 Å². The third-order valence-corrected chi connectivity index (χ3v) is 2.58. The molecule has 1 aromatic carbocycles. The number of hydrogen-bond donors (Lipinski definition) is 0. The molecule has 0 amide bonds. The Morgan fingerprint density at radius 2 is 1.90 bits per heavy atom. The molecule has 0 spiro atoms. The summed E-state index contributed by atoms with van der Waals surface area (Å²) in [5, 5.41) is 0.294. The lowest BCUT2D eigenvalue weighted by atomic mass is 10.1. The van der Waals surface area contributed by atoms with E-state index in [4.69, 9.17) is 16.3 Å². The van der Waals surface area contributed by atoms with E-state index in [1.54, 1.807) is 0 Å². The summed E-state index contributed by atoms with van der Waals surface area (Å²) in [5.74, 6) is 0.136. The largest absolute Gasteiger partial charge is 0.456 e. The highest BCUT2D eigenvalue weighted by atomic mass is 35.5. The van der Waals surface area contributed by atoms with E-state index in [2.05, 4.69) is 4.98 Å². The van der Waals surface area contributed by atoms with Crippen LogP contribution in [0.15, 0.2) is 36.7 Å². The molecule has 3 nitrogen and oxygen atoms in total. The smallest absolute Gasteiger partial charge is 0.417 e. The summed E-state index contributed by atoms with van der Waals surface area (Å²) < 4.78 is 43.5. The second-order valence-electron chi connectivity index (χ2n) is 3.81. The van der Waals surface area contributed by atoms with Crippen molar-refractivity contribution < 1.29 is 22.7 Å². The summed E-state index contributed by atoms with van der Waals surface area (Å²) in [5.41, 5.74) is -1.51. The van der Waals surface area contributed by atoms with Crippen molar-refractivity contribution >= 4 is 17.9 Å². The quantitative estimate of drug-likeness (QED) is 0.791. The lowest BCUT2D eigenvalue weighted by molar-refractivity contribution is -0.137. The van der Waals surface area contributed by atoms with Gasteiger partial charge in [-0.05, 0) is 18.2 Å². The zero-order valence-electron chi connectivity index (χ0n) is 9.82. The number of ether oxygens (including phenoxy) is 1. The normalized spacial score (nSPS) is 11.2. The van der Waals surface area contributed by atoms with Gasteiger partial charge >= 0.3 is 6.18 Å². The van der Waals surface area contributed by atoms with Gasteiger partial charge in [-0.25, -0.2) is 0 Å². The predicted octanol–water partition coefficient (Wildman–Crippen LogP) is 4.36. The van der Waals surface area contributed by atoms with Gasteiger partial charge in [-0.1, -0.05) is 11.6 Å². The van der Waals surface area contributed by atoms with E-state index >= 15 is 0 Å². The monoisotopic (exact) mass is 301 g/mol. The second kappa shape index (κ2) is 5.50. The fourth-order valence-electron chi connectivity index (χ4n) is 1.53. The molecule has 2 aromatic rings. The van der Waals surface area contributed by atoms with Crippen LogP contribution in [0.3, 0.4) is 0 Å². The van der Waals surface area contributed by atoms with Crippen LogP contribution in [0.2, 0.25) is 5.02 Å². The molecule has 0 N–H and O–H groups in total. The van der Waals surface area contributed by atoms with Crippen molar-refractivity contribution in [3.05, 3.63) is 52.8 Å². The molecule has 0 aliphatic rings. The maximum absolute atomic E-state index is 12.8. The van der Waals surface area contributed by atoms with Crippen LogP contribution >= 0.6 is 11.6 Å². The summed E-state index contributed by atoms with van der Waals surface area (Å²) >= 11 is 5.69. The summed E-state index contributed by atoms with van der Waals surface area (Å²) in [4.78, 5) is 14.4. The predicted molar refractivity (Wildman–Crippen MR) is 66.2 cm³/mol. The van der Waals surface area contributed by atoms with Crippen molar-refractivity contribution in [2.75, 3.05) is 0 Å². The van der Waals surface area contributed by atoms with Crippen molar-refractivity contribution in [3.63, 3.8) is 0 Å². The van der Waals surface area contributed by atoms with Crippen molar-refractivity contribution in [2.45, 2.75) is 6.18 Å². The minimum atomic E-state index is -4.64. The van der Waals surface area contributed by atoms with Crippen molar-refractivity contribution in [3.8, 4) is 11.5 Å². The summed E-state index contributed by atoms with van der Waals surface area (Å²) in [6.07, 6.45) is -1.81. The number of benzene rings is 1. The molecular weight excluding hydrogens is 295 g/mol. The van der Waals surface area contributed by atoms with E-state index < -0.39 is 17.3 Å². The third kappa shape index (κ3) is 3.27. The lowest BCUT2D eigenvalue weighted by Gasteiger charge is -2.12. The van der Waals surface area contributed by atoms with Gasteiger partial charge in [-0.2, -0.15) is 13.2 Å². The topological polar surface area (TPSA) is 39.2 Å². The van der Waals surface area contributed by atoms with E-state index in [1.807, 2.05) is 0 Å². The number of pyridine rings is 1. The summed E-state index contributed by atoms with van der Waals surface area (Å²) in [7, 11) is 0. The molecule has 0 unspecified atom stereocenters. The molecule has 1 heterocycles. The number of carbonyl (C=O) groups is 1. The van der Waals surface area contributed by atoms with Gasteiger partial charge in [0.1, 0.15) is 11.5 Å². The van der Waals surface area contributed by atoms with Gasteiger partial charge in [0.15, 0.2) is 6.29 Å². The van der Waals surface area contributed by atoms with Gasteiger partial charge in [0, 0.05) is 17.8 Å². The fourth-order valence-corrected chi connectivity index (χ4v) is 1.70. The highest BCUT2D eigenvalue weighted by Gasteiger charge is 2.33. The molecule has 0 aliphatic carbocycles. The van der Waals surface area contributed by atoms with E-state index in [-0.39, 0.29) is 17.8 Å². The maximum Gasteiger partial charge on any atom is 0.417 e. The van der Waals surface area contributed by atoms with Crippen LogP contribution in [0.1, 0.15) is 15.9 Å². The van der Waals surface area contributed by atoms with Crippen LogP contribution < -0.4 is 4.74 Å². The first kappa shape index (κ1) is 14.3. The number of hydrogen-bond acceptors (Lipinski definition) is 3. The Hall–Kier alpha value is -2.08. The molecule has 0 saturated carbocycles. The number of nitrogens with zero attached hydrogens (tertiary/aromatic N) is 1. The van der Waals surface area contributed by atoms with Crippen LogP contribution in [0.5, 0.6) is 11.5 Å². The molecule has 0 bridgehead atoms. The molecule has 0 aliphatic heterocycles. The molecule has 2 rings (SSSR count). The zero-order valence-corrected chi connectivity index (χ0v) is 10.6. The molecule has 7 heteroatoms. The number of halogens is 4. The summed E-state index contributed by atoms with van der Waals surface area (Å²) in [6, 6.07) is 4.48. The number of alkyl halides is 3. The van der Waals surface area contributed by atoms with Crippen molar-refractivity contribution in [1.82, 2.24) is 4.98 Å². The Morgan fingerprint density at radius 1 is 1.15 bits per heavy atom. The van der Waals surface area contributed by atoms with Gasteiger partial charge in [-0.3, -0.25) is 9.78 Å². The Bertz CT molecular complexity index is 644. The van der Waals surface area contributed by atoms with Gasteiger partial charge in [0.25, 0.3) is 0 Å². The SMILES string of the molecule is O=Cc1ccc(Oc2cncc(Cl)c2)cc1C(F)(F)F. The van der Waals surface area contributed by atoms with Gasteiger partial charge in [-0.15, -0.1) is 0 Å². The average molecular weight is 302 g/mol. The van der Waals surface area contributed by atoms with Crippen LogP contribution in [-0.4, -0.2) is 11.3 Å². The van der Waals surface area contributed by atoms with Crippen molar-refractivity contribution in [1.29, 1.82) is 0 Å². The first-order valence-electron chi connectivity index (χ1n) is 5.35. The molecule has 0 fully saturated rings. The minimum Gasteiger partial charge on any atom is -0.456 e. The lowest BCUT2D eigenvalue weighted by Crippen LogP contribution is -2.09. The van der Waals surface area contributed by atoms with Crippen LogP contribution in [-0.2, 0) is 6.18 Å². The number of aromatic nitrogens is 1. The Balaban J connectivity index is 2.37. The Kier molecular flexibility index (Phi) is 3.94. The van der Waals surface area contributed by atoms with Crippen LogP contribution in [0.4, 0.5) is 13.2 Å². The van der Waals surface area contributed by atoms with Gasteiger partial charge in [0.2, 0.25) is 0 Å². The minimum absolute atomic E-state index is 0.0630. The average Bonchev–Trinajstić information content (AvgIpc) is 2.37. The highest BCUT2D eigenvalue weighted by molar-refractivity contribution is 6.30. The third-order valence-electron chi connectivity index (χ3n) is 2.37. The number of carbonyl (C=O) groups excluding carboxylic acids is 1. The molecule has 104 valence electrons. The van der Waals surface area contributed by atoms with Gasteiger partial charge < -0.3 is 4.74 Å². The molecule has 1 aromatic heterocycles. The summed E-state index contributed by atoms with van der Waals surface area (Å²) in [6.45, 7) is 0. The second-order valence-corrected chi connectivity index (χ2v) is 4.24. The van der Waals surface area contributed by atoms with Crippen LogP contribution in [0.25, 0.3) is 0 Å². The van der Waals surface area contributed by atoms with Crippen LogP contribution in [0, 0.1) is 0 Å². The number of aldehydes is 1. The molecule has 0 saturated heterocycles. The van der Waals surface area contributed by atoms with E-state index in [0.717, 1.165) is 12.1 Å². The molecular formula is C13H7ClF3NO2. The first-order valence-corrected chi connectivity index (χ1v) is 5.73. The highest BCUT2D eigenvalue weighted by Crippen LogP contribution is 2.35. The Labute approximate surface area is 117 Å².